The Bertz CT molecular complexity index is 1020. The summed E-state index contributed by atoms with van der Waals surface area (Å²) in [6, 6.07) is 8.42. The van der Waals surface area contributed by atoms with Gasteiger partial charge in [-0.2, -0.15) is 0 Å². The third-order valence-electron chi connectivity index (χ3n) is 5.24. The summed E-state index contributed by atoms with van der Waals surface area (Å²) < 4.78 is 17.2. The van der Waals surface area contributed by atoms with Crippen molar-refractivity contribution in [3.8, 4) is 23.0 Å². The lowest BCUT2D eigenvalue weighted by molar-refractivity contribution is 0.0826. The fourth-order valence-electron chi connectivity index (χ4n) is 3.33. The number of ether oxygens (including phenoxy) is 3. The van der Waals surface area contributed by atoms with Crippen LogP contribution in [0.2, 0.25) is 0 Å². The fraction of sp³-hybridized carbons (Fsp3) is 0.481. The van der Waals surface area contributed by atoms with Crippen LogP contribution in [0.5, 0.6) is 23.0 Å². The average Bonchev–Trinajstić information content (AvgIpc) is 2.76. The first kappa shape index (κ1) is 27.0. The number of phenolic OH excluding ortho intramolecular Hbond substituents is 1. The minimum atomic E-state index is -0.163. The minimum absolute atomic E-state index is 0.00153. The second-order valence-electron chi connectivity index (χ2n) is 10.0. The van der Waals surface area contributed by atoms with E-state index in [9.17, 15) is 14.7 Å². The van der Waals surface area contributed by atoms with Crippen LogP contribution >= 0.6 is 0 Å². The summed E-state index contributed by atoms with van der Waals surface area (Å²) in [6.07, 6.45) is 0.347. The molecule has 7 heteroatoms. The van der Waals surface area contributed by atoms with E-state index in [0.717, 1.165) is 0 Å². The van der Waals surface area contributed by atoms with Gasteiger partial charge in [0.1, 0.15) is 11.5 Å². The number of nitrogens with zero attached hydrogens (tertiary/aromatic N) is 1. The van der Waals surface area contributed by atoms with Crippen LogP contribution < -0.4 is 14.2 Å². The molecule has 186 valence electrons. The summed E-state index contributed by atoms with van der Waals surface area (Å²) in [5.74, 6) is 1.29. The van der Waals surface area contributed by atoms with Crippen molar-refractivity contribution >= 4 is 11.7 Å². The van der Waals surface area contributed by atoms with Crippen LogP contribution in [0.15, 0.2) is 30.3 Å². The third kappa shape index (κ3) is 7.14. The predicted molar refractivity (Wildman–Crippen MR) is 132 cm³/mol. The summed E-state index contributed by atoms with van der Waals surface area (Å²) >= 11 is 0. The van der Waals surface area contributed by atoms with Crippen LogP contribution in [0.3, 0.4) is 0 Å². The molecule has 2 aromatic rings. The fourth-order valence-corrected chi connectivity index (χ4v) is 3.33. The summed E-state index contributed by atoms with van der Waals surface area (Å²) in [5.41, 5.74) is 1.20. The second kappa shape index (κ2) is 11.3. The third-order valence-corrected chi connectivity index (χ3v) is 5.24. The number of rotatable bonds is 10. The van der Waals surface area contributed by atoms with Crippen LogP contribution in [-0.2, 0) is 0 Å². The predicted octanol–water partition coefficient (Wildman–Crippen LogP) is 5.12. The van der Waals surface area contributed by atoms with Crippen molar-refractivity contribution in [2.24, 2.45) is 11.3 Å². The molecule has 1 atom stereocenters. The van der Waals surface area contributed by atoms with E-state index in [1.165, 1.54) is 4.90 Å². The topological polar surface area (TPSA) is 85.3 Å². The van der Waals surface area contributed by atoms with Gasteiger partial charge in [0.2, 0.25) is 0 Å². The normalized spacial score (nSPS) is 12.1. The van der Waals surface area contributed by atoms with Crippen molar-refractivity contribution in [3.63, 3.8) is 0 Å². The first-order valence-electron chi connectivity index (χ1n) is 11.3. The Balaban J connectivity index is 2.02. The lowest BCUT2D eigenvalue weighted by Gasteiger charge is -2.19. The van der Waals surface area contributed by atoms with E-state index in [-0.39, 0.29) is 28.8 Å². The highest BCUT2D eigenvalue weighted by molar-refractivity contribution is 5.99. The van der Waals surface area contributed by atoms with Crippen molar-refractivity contribution in [1.29, 1.82) is 0 Å². The van der Waals surface area contributed by atoms with E-state index in [4.69, 9.17) is 14.2 Å². The molecule has 0 saturated heterocycles. The lowest BCUT2D eigenvalue weighted by Crippen LogP contribution is -2.22. The number of carbonyl (C=O) groups is 2. The van der Waals surface area contributed by atoms with Crippen molar-refractivity contribution in [1.82, 2.24) is 4.90 Å². The summed E-state index contributed by atoms with van der Waals surface area (Å²) in [7, 11) is 4.94. The maximum atomic E-state index is 12.5. The van der Waals surface area contributed by atoms with Gasteiger partial charge in [0.15, 0.2) is 17.3 Å². The van der Waals surface area contributed by atoms with Crippen LogP contribution in [0.1, 0.15) is 60.4 Å². The molecule has 0 spiro atoms. The molecule has 0 heterocycles. The molecule has 0 radical (unpaired) electrons. The first-order valence-corrected chi connectivity index (χ1v) is 11.3. The van der Waals surface area contributed by atoms with Gasteiger partial charge in [-0.25, -0.2) is 0 Å². The summed E-state index contributed by atoms with van der Waals surface area (Å²) in [5, 5.41) is 10.6. The van der Waals surface area contributed by atoms with Crippen molar-refractivity contribution in [2.45, 2.75) is 41.0 Å². The number of aromatic hydroxyl groups is 1. The second-order valence-corrected chi connectivity index (χ2v) is 10.0. The molecule has 0 fully saturated rings. The zero-order valence-corrected chi connectivity index (χ0v) is 21.5. The molecule has 7 nitrogen and oxygen atoms in total. The maximum Gasteiger partial charge on any atom is 0.253 e. The molecule has 2 rings (SSSR count). The van der Waals surface area contributed by atoms with Gasteiger partial charge in [-0.05, 0) is 42.7 Å². The smallest absolute Gasteiger partial charge is 0.253 e. The molecule has 0 aliphatic heterocycles. The Kier molecular flexibility index (Phi) is 8.96. The SMILES string of the molecule is COc1ccc(C(=O)N(C)C)cc1OC[C@H](C)COc1ccc(C(=O)CC(C)(C)C)c(O)c1C. The molecule has 1 N–H and O–H groups in total. The number of hydrogen-bond donors (Lipinski definition) is 1. The van der Waals surface area contributed by atoms with Crippen molar-refractivity contribution in [2.75, 3.05) is 34.4 Å². The molecule has 0 aromatic heterocycles. The first-order chi connectivity index (χ1) is 15.8. The average molecular weight is 472 g/mol. The van der Waals surface area contributed by atoms with Gasteiger partial charge >= 0.3 is 0 Å². The molecule has 34 heavy (non-hydrogen) atoms. The molecule has 1 amide bonds. The van der Waals surface area contributed by atoms with Gasteiger partial charge in [-0.1, -0.05) is 27.7 Å². The van der Waals surface area contributed by atoms with E-state index in [0.29, 0.717) is 53.6 Å². The van der Waals surface area contributed by atoms with Crippen molar-refractivity contribution in [3.05, 3.63) is 47.0 Å². The summed E-state index contributed by atoms with van der Waals surface area (Å²) in [6.45, 7) is 10.3. The number of ketones is 1. The number of phenols is 1. The van der Waals surface area contributed by atoms with E-state index in [1.54, 1.807) is 58.5 Å². The van der Waals surface area contributed by atoms with Gasteiger partial charge in [0, 0.05) is 37.6 Å². The Morgan fingerprint density at radius 3 is 2.15 bits per heavy atom. The Labute approximate surface area is 202 Å². The van der Waals surface area contributed by atoms with Crippen molar-refractivity contribution < 1.29 is 28.9 Å². The Hall–Kier alpha value is -3.22. The minimum Gasteiger partial charge on any atom is -0.507 e. The molecule has 0 bridgehead atoms. The van der Waals surface area contributed by atoms with Gasteiger partial charge in [0.25, 0.3) is 5.91 Å². The van der Waals surface area contributed by atoms with Gasteiger partial charge in [-0.15, -0.1) is 0 Å². The number of methoxy groups -OCH3 is 1. The van der Waals surface area contributed by atoms with E-state index in [2.05, 4.69) is 0 Å². The highest BCUT2D eigenvalue weighted by atomic mass is 16.5. The van der Waals surface area contributed by atoms with Crippen LogP contribution in [-0.4, -0.2) is 56.1 Å². The molecular formula is C27H37NO6. The monoisotopic (exact) mass is 471 g/mol. The zero-order valence-electron chi connectivity index (χ0n) is 21.5. The van der Waals surface area contributed by atoms with E-state index >= 15 is 0 Å². The van der Waals surface area contributed by atoms with E-state index in [1.807, 2.05) is 27.7 Å². The molecule has 2 aromatic carbocycles. The van der Waals surface area contributed by atoms with Gasteiger partial charge in [0.05, 0.1) is 25.9 Å². The van der Waals surface area contributed by atoms with E-state index < -0.39 is 0 Å². The maximum absolute atomic E-state index is 12.5. The summed E-state index contributed by atoms with van der Waals surface area (Å²) in [4.78, 5) is 26.3. The number of benzene rings is 2. The number of hydrogen-bond acceptors (Lipinski definition) is 6. The van der Waals surface area contributed by atoms with Gasteiger partial charge < -0.3 is 24.2 Å². The zero-order chi connectivity index (χ0) is 25.6. The molecular weight excluding hydrogens is 434 g/mol. The number of amides is 1. The lowest BCUT2D eigenvalue weighted by atomic mass is 9.87. The van der Waals surface area contributed by atoms with Gasteiger partial charge in [-0.3, -0.25) is 9.59 Å². The largest absolute Gasteiger partial charge is 0.507 e. The molecule has 0 aliphatic carbocycles. The molecule has 0 unspecified atom stereocenters. The Morgan fingerprint density at radius 1 is 1.00 bits per heavy atom. The van der Waals surface area contributed by atoms with Crippen LogP contribution in [0, 0.1) is 18.3 Å². The number of Topliss-reactive ketones (excluding diaryl/α,β-unsaturated/α-hetero) is 1. The molecule has 0 saturated carbocycles. The quantitative estimate of drug-likeness (QED) is 0.484. The standard InChI is InChI=1S/C27H37NO6/c1-17(16-34-24-13-19(26(31)28(6)7)9-11-23(24)32-8)15-33-22-12-10-20(25(30)18(22)2)21(29)14-27(3,4)5/h9-13,17,30H,14-16H2,1-8H3/t17-/m1/s1. The van der Waals surface area contributed by atoms with Crippen LogP contribution in [0.4, 0.5) is 0 Å². The molecule has 0 aliphatic rings. The highest BCUT2D eigenvalue weighted by Crippen LogP contribution is 2.34. The number of carbonyl (C=O) groups excluding carboxylic acids is 2. The van der Waals surface area contributed by atoms with Crippen LogP contribution in [0.25, 0.3) is 0 Å². The highest BCUT2D eigenvalue weighted by Gasteiger charge is 2.22. The Morgan fingerprint density at radius 2 is 1.59 bits per heavy atom.